The van der Waals surface area contributed by atoms with Crippen LogP contribution in [-0.4, -0.2) is 38.0 Å². The van der Waals surface area contributed by atoms with Crippen molar-refractivity contribution in [1.29, 1.82) is 0 Å². The Hall–Kier alpha value is -1.89. The lowest BCUT2D eigenvalue weighted by atomic mass is 10.3. The number of rotatable bonds is 8. The summed E-state index contributed by atoms with van der Waals surface area (Å²) in [4.78, 5) is 0. The molecule has 6 heteroatoms. The molecule has 0 saturated heterocycles. The molecule has 120 valence electrons. The first-order valence-electron chi connectivity index (χ1n) is 6.92. The van der Waals surface area contributed by atoms with Gasteiger partial charge in [0.25, 0.3) is 0 Å². The van der Waals surface area contributed by atoms with E-state index < -0.39 is 9.63 Å². The third-order valence-corrected chi connectivity index (χ3v) is 4.99. The lowest BCUT2D eigenvalue weighted by Crippen LogP contribution is -2.43. The summed E-state index contributed by atoms with van der Waals surface area (Å²) in [5, 5.41) is 0. The topological polar surface area (TPSA) is 76.0 Å². The molecule has 0 fully saturated rings. The molecule has 0 aliphatic heterocycles. The van der Waals surface area contributed by atoms with Crippen LogP contribution in [0.2, 0.25) is 0 Å². The third-order valence-electron chi connectivity index (χ3n) is 3.01. The van der Waals surface area contributed by atoms with Gasteiger partial charge in [-0.05, 0) is 24.3 Å². The standard InChI is InChI=1S/C16H20O5S/c17-22(18,19,13-11-20-15-7-3-1-4-8-15)14-12-21-16-9-5-2-6-10-16/h1-10H,11-14H2,(H2,17,18,19). The van der Waals surface area contributed by atoms with Gasteiger partial charge in [0.15, 0.2) is 0 Å². The second-order valence-electron chi connectivity index (χ2n) is 4.92. The zero-order valence-electron chi connectivity index (χ0n) is 12.1. The molecule has 0 saturated carbocycles. The van der Waals surface area contributed by atoms with Crippen molar-refractivity contribution in [3.8, 4) is 11.5 Å². The van der Waals surface area contributed by atoms with E-state index >= 15 is 0 Å². The van der Waals surface area contributed by atoms with Crippen LogP contribution in [-0.2, 0) is 9.63 Å². The van der Waals surface area contributed by atoms with Crippen molar-refractivity contribution in [2.24, 2.45) is 0 Å². The van der Waals surface area contributed by atoms with Crippen LogP contribution in [0.25, 0.3) is 0 Å². The SMILES string of the molecule is O=S(O)(O)(CCOc1ccccc1)CCOc1ccccc1. The van der Waals surface area contributed by atoms with Crippen molar-refractivity contribution in [3.63, 3.8) is 0 Å². The number of ether oxygens (including phenoxy) is 2. The van der Waals surface area contributed by atoms with Gasteiger partial charge in [0.2, 0.25) is 0 Å². The summed E-state index contributed by atoms with van der Waals surface area (Å²) in [5.41, 5.74) is 0. The molecule has 0 aliphatic carbocycles. The fraction of sp³-hybridized carbons (Fsp3) is 0.250. The quantitative estimate of drug-likeness (QED) is 0.781. The Balaban J connectivity index is 1.78. The van der Waals surface area contributed by atoms with E-state index in [2.05, 4.69) is 0 Å². The summed E-state index contributed by atoms with van der Waals surface area (Å²) in [5.74, 6) is 0.464. The summed E-state index contributed by atoms with van der Waals surface area (Å²) >= 11 is 0. The predicted molar refractivity (Wildman–Crippen MR) is 87.0 cm³/mol. The Kier molecular flexibility index (Phi) is 5.18. The van der Waals surface area contributed by atoms with E-state index in [0.717, 1.165) is 0 Å². The van der Waals surface area contributed by atoms with Gasteiger partial charge in [-0.25, -0.2) is 4.21 Å². The predicted octanol–water partition coefficient (Wildman–Crippen LogP) is 2.91. The normalized spacial score (nSPS) is 13.1. The fourth-order valence-electron chi connectivity index (χ4n) is 1.79. The van der Waals surface area contributed by atoms with Crippen molar-refractivity contribution in [2.45, 2.75) is 0 Å². The molecule has 2 rings (SSSR count). The lowest BCUT2D eigenvalue weighted by molar-refractivity contribution is 0.304. The second kappa shape index (κ2) is 6.91. The highest BCUT2D eigenvalue weighted by atomic mass is 32.3. The zero-order valence-corrected chi connectivity index (χ0v) is 12.9. The molecule has 2 N–H and O–H groups in total. The van der Waals surface area contributed by atoms with E-state index in [9.17, 15) is 13.3 Å². The van der Waals surface area contributed by atoms with Gasteiger partial charge in [-0.1, -0.05) is 36.4 Å². The van der Waals surface area contributed by atoms with Crippen molar-refractivity contribution in [3.05, 3.63) is 60.7 Å². The Morgan fingerprint density at radius 1 is 0.727 bits per heavy atom. The maximum atomic E-state index is 12.1. The molecular formula is C16H20O5S. The van der Waals surface area contributed by atoms with Gasteiger partial charge in [-0.15, -0.1) is 0 Å². The van der Waals surface area contributed by atoms with Gasteiger partial charge in [0.05, 0.1) is 21.1 Å². The smallest absolute Gasteiger partial charge is 0.119 e. The number of hydrogen-bond donors (Lipinski definition) is 2. The Labute approximate surface area is 129 Å². The molecule has 0 spiro atoms. The van der Waals surface area contributed by atoms with E-state index in [-0.39, 0.29) is 24.7 Å². The maximum Gasteiger partial charge on any atom is 0.119 e. The minimum atomic E-state index is -4.72. The first-order valence-corrected chi connectivity index (χ1v) is 9.13. The van der Waals surface area contributed by atoms with Crippen molar-refractivity contribution < 1.29 is 22.8 Å². The fourth-order valence-corrected chi connectivity index (χ4v) is 2.83. The zero-order chi connectivity index (χ0) is 15.9. The van der Waals surface area contributed by atoms with Gasteiger partial charge in [0.1, 0.15) is 24.7 Å². The van der Waals surface area contributed by atoms with Crippen LogP contribution in [0.15, 0.2) is 60.7 Å². The van der Waals surface area contributed by atoms with E-state index in [4.69, 9.17) is 9.47 Å². The number of benzene rings is 2. The molecule has 0 unspecified atom stereocenters. The first kappa shape index (κ1) is 16.5. The highest BCUT2D eigenvalue weighted by Gasteiger charge is 2.30. The Morgan fingerprint density at radius 2 is 1.09 bits per heavy atom. The maximum absolute atomic E-state index is 12.1. The summed E-state index contributed by atoms with van der Waals surface area (Å²) in [7, 11) is -4.72. The molecule has 0 atom stereocenters. The van der Waals surface area contributed by atoms with Gasteiger partial charge in [-0.2, -0.15) is 0 Å². The van der Waals surface area contributed by atoms with Gasteiger partial charge in [0, 0.05) is 0 Å². The lowest BCUT2D eigenvalue weighted by Gasteiger charge is -2.30. The van der Waals surface area contributed by atoms with Crippen LogP contribution < -0.4 is 9.47 Å². The number of hydrogen-bond acceptors (Lipinski definition) is 3. The van der Waals surface area contributed by atoms with Crippen LogP contribution in [0.3, 0.4) is 0 Å². The van der Waals surface area contributed by atoms with Crippen LogP contribution in [0.5, 0.6) is 11.5 Å². The minimum Gasteiger partial charge on any atom is -0.493 e. The van der Waals surface area contributed by atoms with E-state index in [0.29, 0.717) is 11.5 Å². The summed E-state index contributed by atoms with van der Waals surface area (Å²) < 4.78 is 42.6. The monoisotopic (exact) mass is 324 g/mol. The highest BCUT2D eigenvalue weighted by Crippen LogP contribution is 2.18. The van der Waals surface area contributed by atoms with Crippen LogP contribution in [0.1, 0.15) is 0 Å². The largest absolute Gasteiger partial charge is 0.493 e. The molecule has 0 bridgehead atoms. The Morgan fingerprint density at radius 3 is 1.45 bits per heavy atom. The van der Waals surface area contributed by atoms with Crippen LogP contribution >= 0.6 is 0 Å². The summed E-state index contributed by atoms with van der Waals surface area (Å²) in [6.07, 6.45) is 0. The molecule has 0 amide bonds. The summed E-state index contributed by atoms with van der Waals surface area (Å²) in [6.45, 7) is -0.0958. The molecule has 22 heavy (non-hydrogen) atoms. The minimum absolute atomic E-state index is 0.0479. The van der Waals surface area contributed by atoms with Gasteiger partial charge < -0.3 is 18.6 Å². The third kappa shape index (κ3) is 5.85. The average Bonchev–Trinajstić information content (AvgIpc) is 2.48. The van der Waals surface area contributed by atoms with E-state index in [1.807, 2.05) is 12.1 Å². The average molecular weight is 324 g/mol. The first-order chi connectivity index (χ1) is 10.4. The van der Waals surface area contributed by atoms with Gasteiger partial charge in [-0.3, -0.25) is 0 Å². The Bertz CT molecular complexity index is 585. The highest BCUT2D eigenvalue weighted by molar-refractivity contribution is 8.10. The van der Waals surface area contributed by atoms with Crippen molar-refractivity contribution in [1.82, 2.24) is 0 Å². The molecule has 0 aliphatic rings. The number of para-hydroxylation sites is 2. The van der Waals surface area contributed by atoms with Crippen molar-refractivity contribution in [2.75, 3.05) is 24.7 Å². The molecule has 5 nitrogen and oxygen atoms in total. The van der Waals surface area contributed by atoms with Gasteiger partial charge >= 0.3 is 0 Å². The molecule has 0 heterocycles. The second-order valence-corrected chi connectivity index (χ2v) is 8.11. The molecule has 2 aromatic rings. The van der Waals surface area contributed by atoms with E-state index in [1.54, 1.807) is 48.5 Å². The van der Waals surface area contributed by atoms with E-state index in [1.165, 1.54) is 0 Å². The van der Waals surface area contributed by atoms with Crippen molar-refractivity contribution >= 4 is 9.63 Å². The molecule has 2 aromatic carbocycles. The van der Waals surface area contributed by atoms with Crippen LogP contribution in [0, 0.1) is 0 Å². The molecular weight excluding hydrogens is 304 g/mol. The summed E-state index contributed by atoms with van der Waals surface area (Å²) in [6, 6.07) is 17.9. The molecule has 0 radical (unpaired) electrons. The molecule has 0 aromatic heterocycles. The van der Waals surface area contributed by atoms with Crippen LogP contribution in [0.4, 0.5) is 0 Å².